The number of oxazole rings is 1. The molecule has 2 aromatic carbocycles. The van der Waals surface area contributed by atoms with Crippen molar-refractivity contribution >= 4 is 17.1 Å². The average molecular weight is 327 g/mol. The molecule has 0 amide bonds. The van der Waals surface area contributed by atoms with E-state index in [1.807, 2.05) is 0 Å². The van der Waals surface area contributed by atoms with E-state index in [4.69, 9.17) is 18.6 Å². The number of hydrogen-bond acceptors (Lipinski definition) is 6. The second kappa shape index (κ2) is 6.62. The summed E-state index contributed by atoms with van der Waals surface area (Å²) in [5, 5.41) is 0. The zero-order valence-electron chi connectivity index (χ0n) is 13.7. The van der Waals surface area contributed by atoms with E-state index < -0.39 is 5.97 Å². The van der Waals surface area contributed by atoms with Gasteiger partial charge in [0, 0.05) is 24.6 Å². The van der Waals surface area contributed by atoms with Gasteiger partial charge < -0.3 is 18.6 Å². The van der Waals surface area contributed by atoms with Gasteiger partial charge in [-0.25, -0.2) is 4.98 Å². The van der Waals surface area contributed by atoms with Crippen molar-refractivity contribution in [2.45, 2.75) is 13.3 Å². The Balaban J connectivity index is 1.74. The molecule has 0 fully saturated rings. The summed E-state index contributed by atoms with van der Waals surface area (Å²) in [5.41, 5.74) is 2.03. The molecular weight excluding hydrogens is 310 g/mol. The first-order valence-electron chi connectivity index (χ1n) is 7.38. The molecule has 0 saturated carbocycles. The molecule has 0 aliphatic carbocycles. The Kier molecular flexibility index (Phi) is 4.37. The largest absolute Gasteiger partial charge is 0.497 e. The van der Waals surface area contributed by atoms with E-state index >= 15 is 0 Å². The van der Waals surface area contributed by atoms with Crippen LogP contribution in [0.25, 0.3) is 11.1 Å². The first kappa shape index (κ1) is 15.9. The predicted octanol–water partition coefficient (Wildman–Crippen LogP) is 3.30. The van der Waals surface area contributed by atoms with Crippen molar-refractivity contribution in [1.82, 2.24) is 4.98 Å². The summed E-state index contributed by atoms with van der Waals surface area (Å²) < 4.78 is 21.2. The number of fused-ring (bicyclic) bond motifs is 1. The first-order valence-corrected chi connectivity index (χ1v) is 7.38. The van der Waals surface area contributed by atoms with Crippen LogP contribution in [0.4, 0.5) is 0 Å². The quantitative estimate of drug-likeness (QED) is 0.529. The van der Waals surface area contributed by atoms with Gasteiger partial charge in [0.05, 0.1) is 20.6 Å². The maximum Gasteiger partial charge on any atom is 0.315 e. The Bertz CT molecular complexity index is 884. The molecular formula is C18H17NO5. The lowest BCUT2D eigenvalue weighted by Crippen LogP contribution is -2.12. The molecule has 0 bridgehead atoms. The molecule has 1 heterocycles. The SMILES string of the molecule is COc1ccc(CC(=O)Oc2ccc3nc(C)oc3c2)c(OC)c1. The number of methoxy groups -OCH3 is 2. The summed E-state index contributed by atoms with van der Waals surface area (Å²) in [5.74, 6) is 1.82. The molecule has 124 valence electrons. The van der Waals surface area contributed by atoms with Crippen LogP contribution in [-0.2, 0) is 11.2 Å². The van der Waals surface area contributed by atoms with Gasteiger partial charge in [-0.3, -0.25) is 4.79 Å². The summed E-state index contributed by atoms with van der Waals surface area (Å²) in [6.07, 6.45) is 0.0840. The molecule has 0 spiro atoms. The molecule has 0 aliphatic rings. The molecule has 3 rings (SSSR count). The molecule has 0 radical (unpaired) electrons. The number of rotatable bonds is 5. The van der Waals surface area contributed by atoms with E-state index in [1.165, 1.54) is 0 Å². The normalized spacial score (nSPS) is 10.6. The Morgan fingerprint density at radius 3 is 2.62 bits per heavy atom. The zero-order valence-corrected chi connectivity index (χ0v) is 13.7. The van der Waals surface area contributed by atoms with Crippen molar-refractivity contribution < 1.29 is 23.4 Å². The van der Waals surface area contributed by atoms with Crippen molar-refractivity contribution in [2.24, 2.45) is 0 Å². The van der Waals surface area contributed by atoms with Gasteiger partial charge in [-0.2, -0.15) is 0 Å². The fourth-order valence-corrected chi connectivity index (χ4v) is 2.40. The maximum atomic E-state index is 12.2. The highest BCUT2D eigenvalue weighted by Crippen LogP contribution is 2.26. The van der Waals surface area contributed by atoms with Crippen LogP contribution in [0.2, 0.25) is 0 Å². The van der Waals surface area contributed by atoms with E-state index in [1.54, 1.807) is 57.5 Å². The number of carbonyl (C=O) groups excluding carboxylic acids is 1. The summed E-state index contributed by atoms with van der Waals surface area (Å²) in [4.78, 5) is 16.4. The van der Waals surface area contributed by atoms with Gasteiger partial charge in [0.1, 0.15) is 22.8 Å². The monoisotopic (exact) mass is 327 g/mol. The molecule has 0 atom stereocenters. The van der Waals surface area contributed by atoms with Crippen LogP contribution in [0.5, 0.6) is 17.2 Å². The zero-order chi connectivity index (χ0) is 17.1. The lowest BCUT2D eigenvalue weighted by atomic mass is 10.1. The van der Waals surface area contributed by atoms with Crippen molar-refractivity contribution in [3.05, 3.63) is 47.9 Å². The second-order valence-corrected chi connectivity index (χ2v) is 5.19. The van der Waals surface area contributed by atoms with Crippen LogP contribution in [0, 0.1) is 6.92 Å². The topological polar surface area (TPSA) is 70.8 Å². The number of benzene rings is 2. The Hall–Kier alpha value is -3.02. The minimum Gasteiger partial charge on any atom is -0.497 e. The van der Waals surface area contributed by atoms with Crippen LogP contribution in [0.3, 0.4) is 0 Å². The number of aryl methyl sites for hydroxylation is 1. The summed E-state index contributed by atoms with van der Waals surface area (Å²) >= 11 is 0. The highest BCUT2D eigenvalue weighted by Gasteiger charge is 2.13. The second-order valence-electron chi connectivity index (χ2n) is 5.19. The minimum absolute atomic E-state index is 0.0840. The van der Waals surface area contributed by atoms with Crippen LogP contribution < -0.4 is 14.2 Å². The molecule has 24 heavy (non-hydrogen) atoms. The van der Waals surface area contributed by atoms with Gasteiger partial charge >= 0.3 is 5.97 Å². The Morgan fingerprint density at radius 2 is 1.88 bits per heavy atom. The minimum atomic E-state index is -0.394. The maximum absolute atomic E-state index is 12.2. The van der Waals surface area contributed by atoms with E-state index in [9.17, 15) is 4.79 Å². The van der Waals surface area contributed by atoms with E-state index in [2.05, 4.69) is 4.98 Å². The van der Waals surface area contributed by atoms with Crippen molar-refractivity contribution in [3.63, 3.8) is 0 Å². The van der Waals surface area contributed by atoms with Crippen molar-refractivity contribution in [3.8, 4) is 17.2 Å². The van der Waals surface area contributed by atoms with Crippen molar-refractivity contribution in [1.29, 1.82) is 0 Å². The molecule has 1 aromatic heterocycles. The van der Waals surface area contributed by atoms with Gasteiger partial charge in [0.15, 0.2) is 11.5 Å². The summed E-state index contributed by atoms with van der Waals surface area (Å²) in [6.45, 7) is 1.77. The third-order valence-electron chi connectivity index (χ3n) is 3.53. The number of esters is 1. The molecule has 6 heteroatoms. The average Bonchev–Trinajstić information content (AvgIpc) is 2.94. The molecule has 0 N–H and O–H groups in total. The van der Waals surface area contributed by atoms with Gasteiger partial charge in [-0.15, -0.1) is 0 Å². The van der Waals surface area contributed by atoms with E-state index in [0.717, 1.165) is 11.1 Å². The van der Waals surface area contributed by atoms with Gasteiger partial charge in [-0.1, -0.05) is 6.07 Å². The highest BCUT2D eigenvalue weighted by atomic mass is 16.5. The van der Waals surface area contributed by atoms with Crippen LogP contribution in [0.15, 0.2) is 40.8 Å². The lowest BCUT2D eigenvalue weighted by Gasteiger charge is -2.10. The Morgan fingerprint density at radius 1 is 1.08 bits per heavy atom. The number of carbonyl (C=O) groups is 1. The number of hydrogen-bond donors (Lipinski definition) is 0. The molecule has 6 nitrogen and oxygen atoms in total. The fourth-order valence-electron chi connectivity index (χ4n) is 2.40. The highest BCUT2D eigenvalue weighted by molar-refractivity contribution is 5.79. The van der Waals surface area contributed by atoms with Crippen LogP contribution >= 0.6 is 0 Å². The molecule has 0 saturated heterocycles. The van der Waals surface area contributed by atoms with Crippen molar-refractivity contribution in [2.75, 3.05) is 14.2 Å². The third kappa shape index (κ3) is 3.32. The van der Waals surface area contributed by atoms with Gasteiger partial charge in [0.2, 0.25) is 0 Å². The van der Waals surface area contributed by atoms with E-state index in [0.29, 0.717) is 28.7 Å². The summed E-state index contributed by atoms with van der Waals surface area (Å²) in [7, 11) is 3.12. The standard InChI is InChI=1S/C18H17NO5/c1-11-19-15-7-6-14(10-17(15)23-11)24-18(20)8-12-4-5-13(21-2)9-16(12)22-3/h4-7,9-10H,8H2,1-3H3. The lowest BCUT2D eigenvalue weighted by molar-refractivity contribution is -0.133. The summed E-state index contributed by atoms with van der Waals surface area (Å²) in [6, 6.07) is 10.4. The van der Waals surface area contributed by atoms with E-state index in [-0.39, 0.29) is 6.42 Å². The molecule has 0 aliphatic heterocycles. The Labute approximate surface area is 139 Å². The first-order chi connectivity index (χ1) is 11.6. The molecule has 0 unspecified atom stereocenters. The van der Waals surface area contributed by atoms with Crippen LogP contribution in [0.1, 0.15) is 11.5 Å². The van der Waals surface area contributed by atoms with Gasteiger partial charge in [0.25, 0.3) is 0 Å². The number of aromatic nitrogens is 1. The molecule has 3 aromatic rings. The smallest absolute Gasteiger partial charge is 0.315 e. The number of ether oxygens (including phenoxy) is 3. The predicted molar refractivity (Wildman–Crippen MR) is 87.6 cm³/mol. The fraction of sp³-hybridized carbons (Fsp3) is 0.222. The number of nitrogens with zero attached hydrogens (tertiary/aromatic N) is 1. The third-order valence-corrected chi connectivity index (χ3v) is 3.53. The van der Waals surface area contributed by atoms with Gasteiger partial charge in [-0.05, 0) is 18.2 Å². The van der Waals surface area contributed by atoms with Crippen LogP contribution in [-0.4, -0.2) is 25.2 Å².